The Morgan fingerprint density at radius 1 is 1.12 bits per heavy atom. The molecule has 4 rings (SSSR count). The second-order valence-corrected chi connectivity index (χ2v) is 12.4. The molecule has 1 aromatic carbocycles. The number of hydrogen-bond acceptors (Lipinski definition) is 6. The van der Waals surface area contributed by atoms with Gasteiger partial charge in [-0.1, -0.05) is 26.8 Å². The monoisotopic (exact) mass is 493 g/mol. The fraction of sp³-hybridized carbons (Fsp3) is 0.478. The van der Waals surface area contributed by atoms with Gasteiger partial charge in [-0.3, -0.25) is 0 Å². The minimum atomic E-state index is -4.44. The predicted molar refractivity (Wildman–Crippen MR) is 129 cm³/mol. The first-order chi connectivity index (χ1) is 16.0. The van der Waals surface area contributed by atoms with Crippen LogP contribution in [-0.2, 0) is 21.9 Å². The van der Waals surface area contributed by atoms with Crippen LogP contribution in [0, 0.1) is 6.92 Å². The van der Waals surface area contributed by atoms with E-state index in [-0.39, 0.29) is 17.2 Å². The minimum Gasteiger partial charge on any atom is -0.417 e. The number of rotatable bonds is 6. The van der Waals surface area contributed by atoms with Crippen LogP contribution in [0.1, 0.15) is 37.6 Å². The van der Waals surface area contributed by atoms with E-state index in [4.69, 9.17) is 14.3 Å². The maximum atomic E-state index is 13.5. The number of halogens is 3. The molecule has 0 atom stereocenters. The zero-order valence-corrected chi connectivity index (χ0v) is 21.3. The van der Waals surface area contributed by atoms with Crippen molar-refractivity contribution in [3.63, 3.8) is 0 Å². The zero-order valence-electron chi connectivity index (χ0n) is 19.9. The lowest BCUT2D eigenvalue weighted by Gasteiger charge is -2.27. The molecule has 0 bridgehead atoms. The van der Waals surface area contributed by atoms with Crippen LogP contribution in [0.3, 0.4) is 0 Å². The fourth-order valence-electron chi connectivity index (χ4n) is 3.82. The van der Waals surface area contributed by atoms with Crippen molar-refractivity contribution < 1.29 is 22.3 Å². The number of fused-ring (bicyclic) bond motifs is 1. The van der Waals surface area contributed by atoms with Crippen LogP contribution >= 0.6 is 0 Å². The van der Waals surface area contributed by atoms with Gasteiger partial charge in [-0.15, -0.1) is 5.10 Å². The number of benzene rings is 1. The van der Waals surface area contributed by atoms with E-state index in [2.05, 4.69) is 36.0 Å². The van der Waals surface area contributed by atoms with E-state index in [1.54, 1.807) is 10.6 Å². The van der Waals surface area contributed by atoms with Gasteiger partial charge in [0.15, 0.2) is 21.2 Å². The van der Waals surface area contributed by atoms with Crippen LogP contribution in [0.25, 0.3) is 5.65 Å². The Bertz CT molecular complexity index is 1150. The van der Waals surface area contributed by atoms with E-state index in [1.165, 1.54) is 13.0 Å². The van der Waals surface area contributed by atoms with E-state index in [9.17, 15) is 13.2 Å². The summed E-state index contributed by atoms with van der Waals surface area (Å²) in [5, 5.41) is 8.06. The van der Waals surface area contributed by atoms with Crippen molar-refractivity contribution in [1.82, 2.24) is 14.6 Å². The van der Waals surface area contributed by atoms with Gasteiger partial charge < -0.3 is 19.4 Å². The van der Waals surface area contributed by atoms with Crippen molar-refractivity contribution in [2.45, 2.75) is 45.5 Å². The Hall–Kier alpha value is -2.63. The molecule has 1 aliphatic rings. The molecule has 0 spiro atoms. The molecular weight excluding hydrogens is 463 g/mol. The molecule has 11 heteroatoms. The van der Waals surface area contributed by atoms with E-state index >= 15 is 0 Å². The summed E-state index contributed by atoms with van der Waals surface area (Å²) in [7, 11) is -0.842. The third-order valence-corrected chi connectivity index (χ3v) is 6.81. The summed E-state index contributed by atoms with van der Waals surface area (Å²) in [5.74, 6) is 1.27. The maximum Gasteiger partial charge on any atom is 0.416 e. The number of anilines is 3. The lowest BCUT2D eigenvalue weighted by atomic mass is 10.1. The quantitative estimate of drug-likeness (QED) is 0.512. The van der Waals surface area contributed by atoms with Gasteiger partial charge in [0, 0.05) is 18.8 Å². The highest BCUT2D eigenvalue weighted by Gasteiger charge is 2.33. The standard InChI is InChI=1S/C23H30F3N5O2Si/c1-15-16(23(24,25)26)6-5-7-17(15)28-21-18(14-33-34-22(2,3)4)27-19-8-9-20(29-31(19)21)30-10-12-32-13-11-30/h5-9,28H,10-14,34H2,1-4H3. The predicted octanol–water partition coefficient (Wildman–Crippen LogP) is 4.46. The summed E-state index contributed by atoms with van der Waals surface area (Å²) in [5.41, 5.74) is 1.00. The lowest BCUT2D eigenvalue weighted by molar-refractivity contribution is -0.138. The number of nitrogens with one attached hydrogen (secondary N) is 1. The molecule has 2 aromatic heterocycles. The molecule has 1 saturated heterocycles. The van der Waals surface area contributed by atoms with Crippen molar-refractivity contribution in [2.75, 3.05) is 36.5 Å². The summed E-state index contributed by atoms with van der Waals surface area (Å²) in [6.45, 7) is 10.8. The molecule has 0 saturated carbocycles. The van der Waals surface area contributed by atoms with Gasteiger partial charge in [0.25, 0.3) is 0 Å². The van der Waals surface area contributed by atoms with E-state index in [0.29, 0.717) is 36.1 Å². The fourth-order valence-corrected chi connectivity index (χ4v) is 4.72. The number of hydrogen-bond donors (Lipinski definition) is 1. The zero-order chi connectivity index (χ0) is 24.5. The van der Waals surface area contributed by atoms with Crippen molar-refractivity contribution in [3.05, 3.63) is 47.2 Å². The second-order valence-electron chi connectivity index (χ2n) is 9.62. The first-order valence-corrected chi connectivity index (χ1v) is 12.5. The normalized spacial score (nSPS) is 15.6. The summed E-state index contributed by atoms with van der Waals surface area (Å²) in [6, 6.07) is 7.89. The number of imidazole rings is 1. The molecule has 0 unspecified atom stereocenters. The minimum absolute atomic E-state index is 0.103. The lowest BCUT2D eigenvalue weighted by Crippen LogP contribution is -2.37. The smallest absolute Gasteiger partial charge is 0.416 e. The van der Waals surface area contributed by atoms with Gasteiger partial charge in [-0.2, -0.15) is 17.7 Å². The Kier molecular flexibility index (Phi) is 6.88. The molecule has 1 aliphatic heterocycles. The number of alkyl halides is 3. The first kappa shape index (κ1) is 24.5. The van der Waals surface area contributed by atoms with Crippen LogP contribution in [0.5, 0.6) is 0 Å². The average Bonchev–Trinajstić information content (AvgIpc) is 3.10. The molecule has 1 N–H and O–H groups in total. The highest BCUT2D eigenvalue weighted by Crippen LogP contribution is 2.36. The Labute approximate surface area is 199 Å². The summed E-state index contributed by atoms with van der Waals surface area (Å²) >= 11 is 0. The molecular formula is C23H30F3N5O2Si. The molecule has 7 nitrogen and oxygen atoms in total. The van der Waals surface area contributed by atoms with Crippen LogP contribution in [0.4, 0.5) is 30.5 Å². The number of morpholine rings is 1. The van der Waals surface area contributed by atoms with Crippen LogP contribution in [-0.4, -0.2) is 50.7 Å². The second kappa shape index (κ2) is 9.55. The Balaban J connectivity index is 1.74. The average molecular weight is 494 g/mol. The van der Waals surface area contributed by atoms with Gasteiger partial charge in [0.05, 0.1) is 25.4 Å². The number of nitrogens with zero attached hydrogens (tertiary/aromatic N) is 4. The largest absolute Gasteiger partial charge is 0.417 e. The summed E-state index contributed by atoms with van der Waals surface area (Å²) < 4.78 is 53.6. The highest BCUT2D eigenvalue weighted by atomic mass is 28.2. The molecule has 184 valence electrons. The topological polar surface area (TPSA) is 63.9 Å². The van der Waals surface area contributed by atoms with Gasteiger partial charge >= 0.3 is 6.18 Å². The van der Waals surface area contributed by atoms with Crippen molar-refractivity contribution >= 4 is 32.7 Å². The van der Waals surface area contributed by atoms with Crippen LogP contribution < -0.4 is 10.2 Å². The first-order valence-electron chi connectivity index (χ1n) is 11.3. The summed E-state index contributed by atoms with van der Waals surface area (Å²) in [4.78, 5) is 6.80. The summed E-state index contributed by atoms with van der Waals surface area (Å²) in [6.07, 6.45) is -4.44. The molecule has 0 amide bonds. The number of ether oxygens (including phenoxy) is 1. The van der Waals surface area contributed by atoms with Crippen molar-refractivity contribution in [3.8, 4) is 0 Å². The molecule has 34 heavy (non-hydrogen) atoms. The van der Waals surface area contributed by atoms with E-state index in [1.807, 2.05) is 12.1 Å². The van der Waals surface area contributed by atoms with Crippen molar-refractivity contribution in [1.29, 1.82) is 0 Å². The molecule has 3 heterocycles. The highest BCUT2D eigenvalue weighted by molar-refractivity contribution is 6.31. The molecule has 0 aliphatic carbocycles. The van der Waals surface area contributed by atoms with E-state index < -0.39 is 21.5 Å². The van der Waals surface area contributed by atoms with Gasteiger partial charge in [-0.05, 0) is 41.8 Å². The van der Waals surface area contributed by atoms with E-state index in [0.717, 1.165) is 25.0 Å². The van der Waals surface area contributed by atoms with Crippen molar-refractivity contribution in [2.24, 2.45) is 0 Å². The van der Waals surface area contributed by atoms with Gasteiger partial charge in [-0.25, -0.2) is 4.98 Å². The number of aromatic nitrogens is 3. The third kappa shape index (κ3) is 5.53. The maximum absolute atomic E-state index is 13.5. The Morgan fingerprint density at radius 3 is 2.53 bits per heavy atom. The molecule has 3 aromatic rings. The Morgan fingerprint density at radius 2 is 1.85 bits per heavy atom. The van der Waals surface area contributed by atoms with Gasteiger partial charge in [0.1, 0.15) is 11.5 Å². The third-order valence-electron chi connectivity index (χ3n) is 5.54. The van der Waals surface area contributed by atoms with Crippen LogP contribution in [0.15, 0.2) is 30.3 Å². The van der Waals surface area contributed by atoms with Crippen LogP contribution in [0.2, 0.25) is 5.04 Å². The van der Waals surface area contributed by atoms with Gasteiger partial charge in [0.2, 0.25) is 0 Å². The SMILES string of the molecule is Cc1c(Nc2c(CO[SiH2]C(C)(C)C)nc3ccc(N4CCOCC4)nn23)cccc1C(F)(F)F. The molecule has 1 fully saturated rings. The molecule has 0 radical (unpaired) electrons.